The highest BCUT2D eigenvalue weighted by atomic mass is 15.2. The molecule has 2 heterocycles. The van der Waals surface area contributed by atoms with Crippen LogP contribution in [0.25, 0.3) is 54.4 Å². The maximum atomic E-state index is 4.79. The first-order chi connectivity index (χ1) is 19.7. The molecule has 40 heavy (non-hydrogen) atoms. The van der Waals surface area contributed by atoms with Crippen molar-refractivity contribution in [1.29, 1.82) is 0 Å². The predicted molar refractivity (Wildman–Crippen MR) is 165 cm³/mol. The second-order valence-corrected chi connectivity index (χ2v) is 10.6. The summed E-state index contributed by atoms with van der Waals surface area (Å²) in [5, 5.41) is 7.58. The van der Waals surface area contributed by atoms with Crippen molar-refractivity contribution < 1.29 is 0 Å². The largest absolute Gasteiger partial charge is 0.305 e. The van der Waals surface area contributed by atoms with Crippen LogP contribution in [0.15, 0.2) is 110 Å². The van der Waals surface area contributed by atoms with Gasteiger partial charge in [0.05, 0.1) is 28.1 Å². The van der Waals surface area contributed by atoms with Crippen molar-refractivity contribution in [3.8, 4) is 0 Å². The van der Waals surface area contributed by atoms with Gasteiger partial charge in [0.1, 0.15) is 11.0 Å². The third-order valence-corrected chi connectivity index (χ3v) is 7.97. The molecule has 0 N–H and O–H groups in total. The lowest BCUT2D eigenvalue weighted by Gasteiger charge is -2.28. The van der Waals surface area contributed by atoms with E-state index in [9.17, 15) is 0 Å². The molecule has 0 fully saturated rings. The summed E-state index contributed by atoms with van der Waals surface area (Å²) >= 11 is 0. The fraction of sp³-hybridized carbons (Fsp3) is 0.0857. The Labute approximate surface area is 231 Å². The molecule has 6 aromatic carbocycles. The molecule has 8 aromatic rings. The van der Waals surface area contributed by atoms with Gasteiger partial charge in [-0.05, 0) is 68.7 Å². The van der Waals surface area contributed by atoms with Crippen LogP contribution < -0.4 is 4.90 Å². The van der Waals surface area contributed by atoms with Gasteiger partial charge < -0.3 is 4.90 Å². The van der Waals surface area contributed by atoms with Gasteiger partial charge in [-0.1, -0.05) is 68.4 Å². The highest BCUT2D eigenvalue weighted by Gasteiger charge is 2.23. The van der Waals surface area contributed by atoms with Crippen molar-refractivity contribution in [2.75, 3.05) is 4.90 Å². The summed E-state index contributed by atoms with van der Waals surface area (Å²) in [4.78, 5) is 21.1. The van der Waals surface area contributed by atoms with E-state index >= 15 is 0 Å². The van der Waals surface area contributed by atoms with Gasteiger partial charge in [0, 0.05) is 30.2 Å². The minimum absolute atomic E-state index is 0.434. The molecule has 0 amide bonds. The Hall–Kier alpha value is -5.16. The molecule has 0 radical (unpaired) electrons. The van der Waals surface area contributed by atoms with Gasteiger partial charge in [-0.15, -0.1) is 0 Å². The van der Waals surface area contributed by atoms with Gasteiger partial charge in [0.2, 0.25) is 0 Å². The van der Waals surface area contributed by atoms with Crippen molar-refractivity contribution in [3.05, 3.63) is 115 Å². The predicted octanol–water partition coefficient (Wildman–Crippen LogP) is 9.06. The van der Waals surface area contributed by atoms with Crippen LogP contribution in [0.1, 0.15) is 25.3 Å². The minimum Gasteiger partial charge on any atom is -0.305 e. The molecule has 0 aliphatic rings. The number of nitrogens with zero attached hydrogens (tertiary/aromatic N) is 5. The minimum atomic E-state index is 0.434. The Morgan fingerprint density at radius 2 is 1.02 bits per heavy atom. The summed E-state index contributed by atoms with van der Waals surface area (Å²) in [6.07, 6.45) is 6.99. The van der Waals surface area contributed by atoms with Gasteiger partial charge in [-0.25, -0.2) is 0 Å². The maximum Gasteiger partial charge on any atom is 0.113 e. The highest BCUT2D eigenvalue weighted by Crippen LogP contribution is 2.46. The number of benzene rings is 6. The normalized spacial score (nSPS) is 12.0. The zero-order valence-electron chi connectivity index (χ0n) is 22.2. The van der Waals surface area contributed by atoms with Crippen LogP contribution >= 0.6 is 0 Å². The molecule has 0 bridgehead atoms. The zero-order chi connectivity index (χ0) is 26.8. The average molecular weight is 516 g/mol. The molecular weight excluding hydrogens is 490 g/mol. The van der Waals surface area contributed by atoms with E-state index in [2.05, 4.69) is 89.4 Å². The molecule has 0 saturated heterocycles. The molecule has 5 nitrogen and oxygen atoms in total. The standard InChI is InChI=1S/C35H25N5/c1-21(2)24-13-9-22-11-15-26-29(16-12-23-10-14-25(24)32(22)33(23)26)40(30-7-3-5-27-34(30)38-19-17-36-27)31-8-4-6-28-35(31)39-20-18-37-28/h3-21H,1-2H3. The molecule has 0 unspecified atom stereocenters. The first-order valence-corrected chi connectivity index (χ1v) is 13.6. The van der Waals surface area contributed by atoms with Crippen LogP contribution in [-0.2, 0) is 0 Å². The monoisotopic (exact) mass is 515 g/mol. The molecule has 0 aliphatic carbocycles. The van der Waals surface area contributed by atoms with E-state index in [4.69, 9.17) is 9.97 Å². The summed E-state index contributed by atoms with van der Waals surface area (Å²) in [6, 6.07) is 30.4. The lowest BCUT2D eigenvalue weighted by molar-refractivity contribution is 0.877. The lowest BCUT2D eigenvalue weighted by atomic mass is 9.88. The van der Waals surface area contributed by atoms with E-state index in [1.54, 1.807) is 24.8 Å². The van der Waals surface area contributed by atoms with Crippen molar-refractivity contribution in [2.45, 2.75) is 19.8 Å². The van der Waals surface area contributed by atoms with Crippen LogP contribution in [0, 0.1) is 0 Å². The number of hydrogen-bond donors (Lipinski definition) is 0. The Morgan fingerprint density at radius 1 is 0.500 bits per heavy atom. The SMILES string of the molecule is CC(C)c1ccc2ccc3c(N(c4cccc5nccnc45)c4cccc5nccnc45)ccc4ccc1c2c43. The molecule has 0 atom stereocenters. The van der Waals surface area contributed by atoms with Gasteiger partial charge in [0.25, 0.3) is 0 Å². The Kier molecular flexibility index (Phi) is 4.95. The van der Waals surface area contributed by atoms with Gasteiger partial charge >= 0.3 is 0 Å². The molecule has 0 saturated carbocycles. The number of aromatic nitrogens is 4. The van der Waals surface area contributed by atoms with Crippen molar-refractivity contribution in [1.82, 2.24) is 19.9 Å². The van der Waals surface area contributed by atoms with E-state index in [1.165, 1.54) is 37.9 Å². The Balaban J connectivity index is 1.52. The molecule has 0 spiro atoms. The van der Waals surface area contributed by atoms with E-state index in [0.717, 1.165) is 39.1 Å². The van der Waals surface area contributed by atoms with Gasteiger partial charge in [0.15, 0.2) is 0 Å². The molecular formula is C35H25N5. The molecule has 2 aromatic heterocycles. The quantitative estimate of drug-likeness (QED) is 0.219. The summed E-state index contributed by atoms with van der Waals surface area (Å²) in [5.74, 6) is 0.434. The number of rotatable bonds is 4. The van der Waals surface area contributed by atoms with Crippen LogP contribution in [0.3, 0.4) is 0 Å². The lowest BCUT2D eigenvalue weighted by Crippen LogP contribution is -2.13. The van der Waals surface area contributed by atoms with Crippen molar-refractivity contribution >= 4 is 71.4 Å². The highest BCUT2D eigenvalue weighted by molar-refractivity contribution is 6.26. The number of anilines is 3. The van der Waals surface area contributed by atoms with E-state index < -0.39 is 0 Å². The van der Waals surface area contributed by atoms with Gasteiger partial charge in [-0.3, -0.25) is 19.9 Å². The molecule has 8 rings (SSSR count). The van der Waals surface area contributed by atoms with Crippen molar-refractivity contribution in [2.24, 2.45) is 0 Å². The summed E-state index contributed by atoms with van der Waals surface area (Å²) in [5.41, 5.74) is 7.68. The Bertz CT molecular complexity index is 2130. The van der Waals surface area contributed by atoms with Crippen LogP contribution in [0.4, 0.5) is 17.1 Å². The summed E-state index contributed by atoms with van der Waals surface area (Å²) in [6.45, 7) is 4.53. The second-order valence-electron chi connectivity index (χ2n) is 10.6. The third-order valence-electron chi connectivity index (χ3n) is 7.97. The number of hydrogen-bond acceptors (Lipinski definition) is 5. The van der Waals surface area contributed by atoms with Crippen LogP contribution in [0.5, 0.6) is 0 Å². The molecule has 190 valence electrons. The Morgan fingerprint density at radius 3 is 1.65 bits per heavy atom. The van der Waals surface area contributed by atoms with Crippen molar-refractivity contribution in [3.63, 3.8) is 0 Å². The smallest absolute Gasteiger partial charge is 0.113 e. The number of fused-ring (bicyclic) bond motifs is 2. The zero-order valence-corrected chi connectivity index (χ0v) is 22.2. The molecule has 0 aliphatic heterocycles. The second kappa shape index (κ2) is 8.68. The molecule has 5 heteroatoms. The first kappa shape index (κ1) is 22.8. The first-order valence-electron chi connectivity index (χ1n) is 13.6. The van der Waals surface area contributed by atoms with E-state index in [1.807, 2.05) is 24.3 Å². The van der Waals surface area contributed by atoms with E-state index in [-0.39, 0.29) is 0 Å². The maximum absolute atomic E-state index is 4.79. The van der Waals surface area contributed by atoms with E-state index in [0.29, 0.717) is 5.92 Å². The average Bonchev–Trinajstić information content (AvgIpc) is 3.00. The number of para-hydroxylation sites is 2. The van der Waals surface area contributed by atoms with Crippen LogP contribution in [-0.4, -0.2) is 19.9 Å². The topological polar surface area (TPSA) is 54.8 Å². The summed E-state index contributed by atoms with van der Waals surface area (Å²) in [7, 11) is 0. The third kappa shape index (κ3) is 3.27. The fourth-order valence-electron chi connectivity index (χ4n) is 6.21. The fourth-order valence-corrected chi connectivity index (χ4v) is 6.21. The van der Waals surface area contributed by atoms with Gasteiger partial charge in [-0.2, -0.15) is 0 Å². The summed E-state index contributed by atoms with van der Waals surface area (Å²) < 4.78 is 0. The van der Waals surface area contributed by atoms with Crippen LogP contribution in [0.2, 0.25) is 0 Å².